The molecule has 11 heteroatoms. The lowest BCUT2D eigenvalue weighted by Gasteiger charge is -2.19. The molecule has 2 aromatic heterocycles. The van der Waals surface area contributed by atoms with Crippen molar-refractivity contribution in [3.05, 3.63) is 10.6 Å². The molecule has 0 atom stereocenters. The van der Waals surface area contributed by atoms with Gasteiger partial charge in [-0.2, -0.15) is 0 Å². The number of aromatic nitrogens is 4. The van der Waals surface area contributed by atoms with Gasteiger partial charge in [0.1, 0.15) is 4.88 Å². The Labute approximate surface area is 157 Å². The van der Waals surface area contributed by atoms with Crippen molar-refractivity contribution in [1.82, 2.24) is 24.7 Å². The number of thioether (sulfide) groups is 1. The zero-order valence-electron chi connectivity index (χ0n) is 13.7. The van der Waals surface area contributed by atoms with Gasteiger partial charge in [-0.05, 0) is 31.3 Å². The Morgan fingerprint density at radius 2 is 1.92 bits per heavy atom. The van der Waals surface area contributed by atoms with Crippen LogP contribution in [0.2, 0.25) is 0 Å². The topological polar surface area (TPSA) is 101 Å². The molecule has 1 saturated heterocycles. The second-order valence-electron chi connectivity index (χ2n) is 5.60. The lowest BCUT2D eigenvalue weighted by molar-refractivity contribution is -0.128. The Morgan fingerprint density at radius 3 is 2.60 bits per heavy atom. The number of nitrogens with zero attached hydrogens (tertiary/aromatic N) is 5. The Hall–Kier alpha value is -1.59. The molecule has 0 aliphatic carbocycles. The first kappa shape index (κ1) is 18.2. The molecular formula is C14H18N6O2S3. The molecule has 8 nitrogen and oxygen atoms in total. The number of aryl methyl sites for hydroxylation is 1. The molecule has 0 aromatic carbocycles. The smallest absolute Gasteiger partial charge is 0.271 e. The minimum atomic E-state index is -0.291. The largest absolute Gasteiger partial charge is 0.342 e. The normalized spacial score (nSPS) is 15.0. The van der Waals surface area contributed by atoms with E-state index in [0.717, 1.165) is 37.5 Å². The Morgan fingerprint density at radius 1 is 1.16 bits per heavy atom. The number of amides is 2. The van der Waals surface area contributed by atoms with Crippen LogP contribution in [0.1, 0.15) is 41.0 Å². The van der Waals surface area contributed by atoms with Gasteiger partial charge in [0.25, 0.3) is 5.91 Å². The quantitative estimate of drug-likeness (QED) is 0.610. The van der Waals surface area contributed by atoms with E-state index in [1.165, 1.54) is 35.9 Å². The predicted octanol–water partition coefficient (Wildman–Crippen LogP) is 2.45. The summed E-state index contributed by atoms with van der Waals surface area (Å²) < 4.78 is 4.41. The zero-order chi connectivity index (χ0) is 17.6. The molecule has 0 bridgehead atoms. The maximum absolute atomic E-state index is 12.3. The summed E-state index contributed by atoms with van der Waals surface area (Å²) >= 11 is 3.66. The third kappa shape index (κ3) is 4.95. The Bertz CT molecular complexity index is 739. The Balaban J connectivity index is 1.50. The van der Waals surface area contributed by atoms with Gasteiger partial charge >= 0.3 is 0 Å². The SMILES string of the molecule is Cc1nnsc1C(=O)Nc1nnc(SCC(=O)N2CCCCCC2)s1. The number of likely N-dealkylation sites (tertiary alicyclic amines) is 1. The van der Waals surface area contributed by atoms with Crippen LogP contribution in [0, 0.1) is 6.92 Å². The summed E-state index contributed by atoms with van der Waals surface area (Å²) in [7, 11) is 0. The lowest BCUT2D eigenvalue weighted by atomic mass is 10.2. The number of rotatable bonds is 5. The highest BCUT2D eigenvalue weighted by atomic mass is 32.2. The molecule has 3 heterocycles. The molecule has 2 amide bonds. The van der Waals surface area contributed by atoms with Crippen LogP contribution in [-0.2, 0) is 4.79 Å². The molecule has 0 unspecified atom stereocenters. The van der Waals surface area contributed by atoms with Crippen LogP contribution in [0.3, 0.4) is 0 Å². The molecule has 0 spiro atoms. The number of carbonyl (C=O) groups excluding carboxylic acids is 2. The summed E-state index contributed by atoms with van der Waals surface area (Å²) in [6, 6.07) is 0. The van der Waals surface area contributed by atoms with E-state index >= 15 is 0 Å². The van der Waals surface area contributed by atoms with Crippen LogP contribution in [0.5, 0.6) is 0 Å². The zero-order valence-corrected chi connectivity index (χ0v) is 16.2. The lowest BCUT2D eigenvalue weighted by Crippen LogP contribution is -2.33. The van der Waals surface area contributed by atoms with Crippen molar-refractivity contribution in [2.24, 2.45) is 0 Å². The highest BCUT2D eigenvalue weighted by Crippen LogP contribution is 2.26. The van der Waals surface area contributed by atoms with Crippen molar-refractivity contribution in [2.75, 3.05) is 24.2 Å². The van der Waals surface area contributed by atoms with E-state index in [2.05, 4.69) is 25.1 Å². The van der Waals surface area contributed by atoms with Crippen LogP contribution in [0.15, 0.2) is 4.34 Å². The van der Waals surface area contributed by atoms with Crippen molar-refractivity contribution in [1.29, 1.82) is 0 Å². The monoisotopic (exact) mass is 398 g/mol. The molecule has 1 N–H and O–H groups in total. The summed E-state index contributed by atoms with van der Waals surface area (Å²) in [4.78, 5) is 26.8. The van der Waals surface area contributed by atoms with Crippen LogP contribution < -0.4 is 5.32 Å². The van der Waals surface area contributed by atoms with Crippen molar-refractivity contribution >= 4 is 51.6 Å². The van der Waals surface area contributed by atoms with Crippen molar-refractivity contribution in [2.45, 2.75) is 36.9 Å². The molecule has 2 aromatic rings. The molecule has 1 aliphatic rings. The summed E-state index contributed by atoms with van der Waals surface area (Å²) in [6.07, 6.45) is 4.56. The first-order chi connectivity index (χ1) is 12.1. The first-order valence-electron chi connectivity index (χ1n) is 7.98. The van der Waals surface area contributed by atoms with Crippen LogP contribution in [-0.4, -0.2) is 55.3 Å². The number of carbonyl (C=O) groups is 2. The van der Waals surface area contributed by atoms with Gasteiger partial charge < -0.3 is 4.90 Å². The van der Waals surface area contributed by atoms with E-state index in [1.54, 1.807) is 6.92 Å². The fraction of sp³-hybridized carbons (Fsp3) is 0.571. The minimum absolute atomic E-state index is 0.138. The molecule has 1 fully saturated rings. The van der Waals surface area contributed by atoms with E-state index in [1.807, 2.05) is 4.90 Å². The van der Waals surface area contributed by atoms with Crippen LogP contribution >= 0.6 is 34.6 Å². The van der Waals surface area contributed by atoms with Crippen molar-refractivity contribution in [3.63, 3.8) is 0 Å². The molecule has 1 aliphatic heterocycles. The first-order valence-corrected chi connectivity index (χ1v) is 10.6. The van der Waals surface area contributed by atoms with Gasteiger partial charge in [-0.1, -0.05) is 40.4 Å². The van der Waals surface area contributed by atoms with Crippen LogP contribution in [0.4, 0.5) is 5.13 Å². The average Bonchev–Trinajstić information content (AvgIpc) is 3.13. The average molecular weight is 399 g/mol. The third-order valence-corrected chi connectivity index (χ3v) is 6.55. The maximum Gasteiger partial charge on any atom is 0.271 e. The molecule has 25 heavy (non-hydrogen) atoms. The van der Waals surface area contributed by atoms with E-state index in [4.69, 9.17) is 0 Å². The van der Waals surface area contributed by atoms with Crippen molar-refractivity contribution < 1.29 is 9.59 Å². The van der Waals surface area contributed by atoms with Gasteiger partial charge in [0, 0.05) is 13.1 Å². The van der Waals surface area contributed by atoms with Gasteiger partial charge in [-0.3, -0.25) is 14.9 Å². The van der Waals surface area contributed by atoms with E-state index in [9.17, 15) is 9.59 Å². The van der Waals surface area contributed by atoms with Crippen molar-refractivity contribution in [3.8, 4) is 0 Å². The van der Waals surface area contributed by atoms with Gasteiger partial charge in [0.2, 0.25) is 11.0 Å². The highest BCUT2D eigenvalue weighted by Gasteiger charge is 2.18. The standard InChI is InChI=1S/C14H18N6O2S3/c1-9-11(25-19-16-9)12(22)15-13-17-18-14(24-13)23-8-10(21)20-6-4-2-3-5-7-20/h2-8H2,1H3,(H,15,17,22). The van der Waals surface area contributed by atoms with E-state index in [-0.39, 0.29) is 11.8 Å². The molecular weight excluding hydrogens is 380 g/mol. The fourth-order valence-corrected chi connectivity index (χ4v) is 4.65. The van der Waals surface area contributed by atoms with E-state index in [0.29, 0.717) is 25.8 Å². The second-order valence-corrected chi connectivity index (χ2v) is 8.55. The summed E-state index contributed by atoms with van der Waals surface area (Å²) in [6.45, 7) is 3.42. The molecule has 0 saturated carbocycles. The van der Waals surface area contributed by atoms with Gasteiger partial charge in [-0.15, -0.1) is 15.3 Å². The number of hydrogen-bond acceptors (Lipinski definition) is 9. The Kier molecular flexibility index (Phi) is 6.32. The summed E-state index contributed by atoms with van der Waals surface area (Å²) in [5.41, 5.74) is 0.588. The number of nitrogens with one attached hydrogen (secondary N) is 1. The molecule has 3 rings (SSSR count). The number of hydrogen-bond donors (Lipinski definition) is 1. The van der Waals surface area contributed by atoms with Gasteiger partial charge in [0.15, 0.2) is 4.34 Å². The summed E-state index contributed by atoms with van der Waals surface area (Å²) in [5, 5.41) is 14.9. The number of anilines is 1. The maximum atomic E-state index is 12.3. The van der Waals surface area contributed by atoms with Crippen LogP contribution in [0.25, 0.3) is 0 Å². The molecule has 134 valence electrons. The van der Waals surface area contributed by atoms with Gasteiger partial charge in [0.05, 0.1) is 11.4 Å². The fourth-order valence-electron chi connectivity index (χ4n) is 2.45. The summed E-state index contributed by atoms with van der Waals surface area (Å²) in [5.74, 6) is 0.195. The minimum Gasteiger partial charge on any atom is -0.342 e. The van der Waals surface area contributed by atoms with E-state index < -0.39 is 0 Å². The second kappa shape index (κ2) is 8.68. The highest BCUT2D eigenvalue weighted by molar-refractivity contribution is 8.01. The third-order valence-electron chi connectivity index (χ3n) is 3.76. The van der Waals surface area contributed by atoms with Gasteiger partial charge in [-0.25, -0.2) is 0 Å². The predicted molar refractivity (Wildman–Crippen MR) is 98.3 cm³/mol. The molecule has 0 radical (unpaired) electrons.